The number of hydrogen-bond donors (Lipinski definition) is 2. The van der Waals surface area contributed by atoms with Gasteiger partial charge >= 0.3 is 6.03 Å². The molecule has 1 aliphatic heterocycles. The summed E-state index contributed by atoms with van der Waals surface area (Å²) in [4.78, 5) is 14.0. The summed E-state index contributed by atoms with van der Waals surface area (Å²) < 4.78 is 0. The molecule has 4 nitrogen and oxygen atoms in total. The Morgan fingerprint density at radius 3 is 2.72 bits per heavy atom. The van der Waals surface area contributed by atoms with E-state index in [1.807, 2.05) is 32.9 Å². The van der Waals surface area contributed by atoms with E-state index in [1.54, 1.807) is 0 Å². The standard InChI is InChI=1S/C14H21N3O/c1-14(2,3)16-13(18)15-11-6-5-10-7-8-17(4)12(10)9-11/h5-6,9H,7-8H2,1-4H3,(H2,15,16,18). The van der Waals surface area contributed by atoms with Gasteiger partial charge in [-0.3, -0.25) is 0 Å². The molecule has 0 spiro atoms. The highest BCUT2D eigenvalue weighted by molar-refractivity contribution is 5.90. The molecule has 0 aromatic heterocycles. The number of nitrogens with one attached hydrogen (secondary N) is 2. The number of likely N-dealkylation sites (N-methyl/N-ethyl adjacent to an activating group) is 1. The highest BCUT2D eigenvalue weighted by Gasteiger charge is 2.17. The summed E-state index contributed by atoms with van der Waals surface area (Å²) in [6.07, 6.45) is 1.08. The Balaban J connectivity index is 2.07. The number of fused-ring (bicyclic) bond motifs is 1. The Morgan fingerprint density at radius 1 is 1.33 bits per heavy atom. The Kier molecular flexibility index (Phi) is 3.20. The van der Waals surface area contributed by atoms with Crippen LogP contribution in [0.3, 0.4) is 0 Å². The maximum absolute atomic E-state index is 11.8. The third kappa shape index (κ3) is 2.94. The van der Waals surface area contributed by atoms with Crippen molar-refractivity contribution in [2.45, 2.75) is 32.7 Å². The molecule has 2 amide bonds. The van der Waals surface area contributed by atoms with Crippen LogP contribution in [0.25, 0.3) is 0 Å². The molecule has 2 rings (SSSR count). The second-order valence-corrected chi connectivity index (χ2v) is 5.84. The summed E-state index contributed by atoms with van der Waals surface area (Å²) in [7, 11) is 2.07. The Bertz CT molecular complexity index is 463. The van der Waals surface area contributed by atoms with E-state index in [0.717, 1.165) is 18.7 Å². The number of amides is 2. The second kappa shape index (κ2) is 4.52. The van der Waals surface area contributed by atoms with Crippen LogP contribution in [0.1, 0.15) is 26.3 Å². The van der Waals surface area contributed by atoms with E-state index in [9.17, 15) is 4.79 Å². The van der Waals surface area contributed by atoms with Crippen LogP contribution < -0.4 is 15.5 Å². The van der Waals surface area contributed by atoms with Gasteiger partial charge in [0, 0.05) is 30.5 Å². The molecule has 0 radical (unpaired) electrons. The van der Waals surface area contributed by atoms with Gasteiger partial charge in [-0.1, -0.05) is 6.07 Å². The number of rotatable bonds is 1. The quantitative estimate of drug-likeness (QED) is 0.801. The number of carbonyl (C=O) groups excluding carboxylic acids is 1. The molecule has 2 N–H and O–H groups in total. The van der Waals surface area contributed by atoms with Crippen molar-refractivity contribution in [3.05, 3.63) is 23.8 Å². The topological polar surface area (TPSA) is 44.4 Å². The van der Waals surface area contributed by atoms with Crippen LogP contribution in [-0.2, 0) is 6.42 Å². The lowest BCUT2D eigenvalue weighted by Crippen LogP contribution is -2.43. The number of urea groups is 1. The fraction of sp³-hybridized carbons (Fsp3) is 0.500. The predicted octanol–water partition coefficient (Wildman–Crippen LogP) is 2.60. The van der Waals surface area contributed by atoms with Crippen LogP contribution in [0, 0.1) is 0 Å². The first kappa shape index (κ1) is 12.7. The van der Waals surface area contributed by atoms with Crippen molar-refractivity contribution in [3.63, 3.8) is 0 Å². The lowest BCUT2D eigenvalue weighted by Gasteiger charge is -2.21. The number of benzene rings is 1. The van der Waals surface area contributed by atoms with Gasteiger partial charge in [-0.25, -0.2) is 4.79 Å². The van der Waals surface area contributed by atoms with Gasteiger partial charge in [0.25, 0.3) is 0 Å². The maximum Gasteiger partial charge on any atom is 0.319 e. The smallest absolute Gasteiger partial charge is 0.319 e. The summed E-state index contributed by atoms with van der Waals surface area (Å²) in [5.41, 5.74) is 3.17. The average molecular weight is 247 g/mol. The first-order valence-electron chi connectivity index (χ1n) is 6.28. The normalized spacial score (nSPS) is 14.3. The molecule has 1 aromatic carbocycles. The van der Waals surface area contributed by atoms with Gasteiger partial charge in [0.1, 0.15) is 0 Å². The average Bonchev–Trinajstić information content (AvgIpc) is 2.57. The van der Waals surface area contributed by atoms with Crippen molar-refractivity contribution in [2.75, 3.05) is 23.8 Å². The largest absolute Gasteiger partial charge is 0.374 e. The van der Waals surface area contributed by atoms with E-state index in [2.05, 4.69) is 28.6 Å². The molecule has 0 atom stereocenters. The van der Waals surface area contributed by atoms with Gasteiger partial charge in [0.15, 0.2) is 0 Å². The van der Waals surface area contributed by atoms with Gasteiger partial charge in [-0.15, -0.1) is 0 Å². The first-order chi connectivity index (χ1) is 8.35. The van der Waals surface area contributed by atoms with Crippen molar-refractivity contribution < 1.29 is 4.79 Å². The molecule has 4 heteroatoms. The van der Waals surface area contributed by atoms with Crippen LogP contribution in [0.15, 0.2) is 18.2 Å². The SMILES string of the molecule is CN1CCc2ccc(NC(=O)NC(C)(C)C)cc21. The van der Waals surface area contributed by atoms with E-state index in [4.69, 9.17) is 0 Å². The van der Waals surface area contributed by atoms with Crippen LogP contribution in [0.4, 0.5) is 16.2 Å². The Morgan fingerprint density at radius 2 is 2.06 bits per heavy atom. The zero-order valence-corrected chi connectivity index (χ0v) is 11.5. The van der Waals surface area contributed by atoms with E-state index in [0.29, 0.717) is 0 Å². The van der Waals surface area contributed by atoms with Gasteiger partial charge < -0.3 is 15.5 Å². The summed E-state index contributed by atoms with van der Waals surface area (Å²) in [5, 5.41) is 5.75. The predicted molar refractivity (Wildman–Crippen MR) is 75.3 cm³/mol. The molecule has 0 bridgehead atoms. The van der Waals surface area contributed by atoms with Crippen molar-refractivity contribution in [2.24, 2.45) is 0 Å². The van der Waals surface area contributed by atoms with E-state index < -0.39 is 0 Å². The van der Waals surface area contributed by atoms with E-state index in [-0.39, 0.29) is 11.6 Å². The molecule has 18 heavy (non-hydrogen) atoms. The molecule has 0 aliphatic carbocycles. The Hall–Kier alpha value is -1.71. The Labute approximate surface area is 108 Å². The van der Waals surface area contributed by atoms with Gasteiger partial charge in [0.05, 0.1) is 0 Å². The molecular formula is C14H21N3O. The fourth-order valence-electron chi connectivity index (χ4n) is 2.12. The third-order valence-corrected chi connectivity index (χ3v) is 2.96. The molecule has 0 saturated heterocycles. The van der Waals surface area contributed by atoms with Gasteiger partial charge in [-0.05, 0) is 44.9 Å². The van der Waals surface area contributed by atoms with E-state index >= 15 is 0 Å². The van der Waals surface area contributed by atoms with Gasteiger partial charge in [-0.2, -0.15) is 0 Å². The number of anilines is 2. The molecule has 98 valence electrons. The molecule has 0 fully saturated rings. The maximum atomic E-state index is 11.8. The number of carbonyl (C=O) groups is 1. The minimum absolute atomic E-state index is 0.164. The van der Waals surface area contributed by atoms with Crippen LogP contribution in [0.2, 0.25) is 0 Å². The van der Waals surface area contributed by atoms with Crippen LogP contribution in [-0.4, -0.2) is 25.2 Å². The van der Waals surface area contributed by atoms with Gasteiger partial charge in [0.2, 0.25) is 0 Å². The summed E-state index contributed by atoms with van der Waals surface area (Å²) >= 11 is 0. The third-order valence-electron chi connectivity index (χ3n) is 2.96. The van der Waals surface area contributed by atoms with Crippen LogP contribution in [0.5, 0.6) is 0 Å². The van der Waals surface area contributed by atoms with Crippen molar-refractivity contribution in [1.29, 1.82) is 0 Å². The summed E-state index contributed by atoms with van der Waals surface area (Å²) in [5.74, 6) is 0. The molecule has 0 unspecified atom stereocenters. The molecular weight excluding hydrogens is 226 g/mol. The lowest BCUT2D eigenvalue weighted by molar-refractivity contribution is 0.244. The molecule has 1 aliphatic rings. The molecule has 1 heterocycles. The number of nitrogens with zero attached hydrogens (tertiary/aromatic N) is 1. The summed E-state index contributed by atoms with van der Waals surface area (Å²) in [6.45, 7) is 6.93. The van der Waals surface area contributed by atoms with Crippen molar-refractivity contribution in [3.8, 4) is 0 Å². The summed E-state index contributed by atoms with van der Waals surface area (Å²) in [6, 6.07) is 5.92. The highest BCUT2D eigenvalue weighted by atomic mass is 16.2. The highest BCUT2D eigenvalue weighted by Crippen LogP contribution is 2.29. The minimum atomic E-state index is -0.225. The van der Waals surface area contributed by atoms with Crippen molar-refractivity contribution in [1.82, 2.24) is 5.32 Å². The molecule has 1 aromatic rings. The monoisotopic (exact) mass is 247 g/mol. The zero-order chi connectivity index (χ0) is 13.3. The fourth-order valence-corrected chi connectivity index (χ4v) is 2.12. The van der Waals surface area contributed by atoms with Crippen molar-refractivity contribution >= 4 is 17.4 Å². The second-order valence-electron chi connectivity index (χ2n) is 5.84. The molecule has 0 saturated carbocycles. The lowest BCUT2D eigenvalue weighted by atomic mass is 10.1. The zero-order valence-electron chi connectivity index (χ0n) is 11.5. The minimum Gasteiger partial charge on any atom is -0.374 e. The van der Waals surface area contributed by atoms with E-state index in [1.165, 1.54) is 11.3 Å². The number of hydrogen-bond acceptors (Lipinski definition) is 2. The first-order valence-corrected chi connectivity index (χ1v) is 6.28. The van der Waals surface area contributed by atoms with Crippen LogP contribution >= 0.6 is 0 Å².